The molecule has 0 saturated heterocycles. The molecular formula is C16H20N4. The quantitative estimate of drug-likeness (QED) is 0.867. The Morgan fingerprint density at radius 1 is 1.30 bits per heavy atom. The molecule has 4 heteroatoms. The van der Waals surface area contributed by atoms with Gasteiger partial charge in [-0.05, 0) is 56.2 Å². The molecule has 0 amide bonds. The number of pyridine rings is 1. The number of fused-ring (bicyclic) bond motifs is 3. The molecule has 104 valence electrons. The van der Waals surface area contributed by atoms with Crippen LogP contribution in [0.3, 0.4) is 0 Å². The third kappa shape index (κ3) is 1.95. The average molecular weight is 268 g/mol. The fraction of sp³-hybridized carbons (Fsp3) is 0.500. The second-order valence-electron chi connectivity index (χ2n) is 6.16. The van der Waals surface area contributed by atoms with Gasteiger partial charge in [-0.3, -0.25) is 4.40 Å². The van der Waals surface area contributed by atoms with Crippen LogP contribution in [-0.4, -0.2) is 21.1 Å². The Kier molecular flexibility index (Phi) is 2.84. The fourth-order valence-electron chi connectivity index (χ4n) is 3.70. The van der Waals surface area contributed by atoms with Crippen LogP contribution in [0.1, 0.15) is 31.6 Å². The van der Waals surface area contributed by atoms with Crippen molar-refractivity contribution in [2.75, 3.05) is 6.54 Å². The lowest BCUT2D eigenvalue weighted by Crippen LogP contribution is -2.28. The highest BCUT2D eigenvalue weighted by Crippen LogP contribution is 2.43. The summed E-state index contributed by atoms with van der Waals surface area (Å²) in [4.78, 5) is 0. The van der Waals surface area contributed by atoms with Gasteiger partial charge in [0.2, 0.25) is 0 Å². The Labute approximate surface area is 118 Å². The second kappa shape index (κ2) is 4.70. The smallest absolute Gasteiger partial charge is 0.160 e. The molecule has 1 N–H and O–H groups in total. The van der Waals surface area contributed by atoms with E-state index in [0.29, 0.717) is 0 Å². The average Bonchev–Trinajstić information content (AvgIpc) is 3.19. The molecule has 20 heavy (non-hydrogen) atoms. The number of aromatic nitrogens is 3. The zero-order valence-corrected chi connectivity index (χ0v) is 11.7. The van der Waals surface area contributed by atoms with Gasteiger partial charge in [-0.15, -0.1) is 10.2 Å². The van der Waals surface area contributed by atoms with Crippen LogP contribution < -0.4 is 5.32 Å². The molecule has 1 saturated carbocycles. The minimum atomic E-state index is 0.232. The SMILES string of the molecule is CC(NCC1CC2C=CC1C2)c1nnc2ccccn12. The topological polar surface area (TPSA) is 42.2 Å². The van der Waals surface area contributed by atoms with Gasteiger partial charge in [-0.1, -0.05) is 18.2 Å². The first-order chi connectivity index (χ1) is 9.81. The number of nitrogens with zero attached hydrogens (tertiary/aromatic N) is 3. The molecule has 4 atom stereocenters. The number of nitrogens with one attached hydrogen (secondary N) is 1. The van der Waals surface area contributed by atoms with Gasteiger partial charge in [0.15, 0.2) is 11.5 Å². The van der Waals surface area contributed by atoms with Crippen molar-refractivity contribution in [3.05, 3.63) is 42.4 Å². The normalized spacial score (nSPS) is 29.4. The summed E-state index contributed by atoms with van der Waals surface area (Å²) in [5.41, 5.74) is 0.916. The van der Waals surface area contributed by atoms with E-state index >= 15 is 0 Å². The number of rotatable bonds is 4. The highest BCUT2D eigenvalue weighted by Gasteiger charge is 2.35. The molecule has 2 aliphatic carbocycles. The van der Waals surface area contributed by atoms with Gasteiger partial charge >= 0.3 is 0 Å². The van der Waals surface area contributed by atoms with Gasteiger partial charge in [-0.25, -0.2) is 0 Å². The summed E-state index contributed by atoms with van der Waals surface area (Å²) in [6, 6.07) is 6.24. The van der Waals surface area contributed by atoms with Crippen LogP contribution in [-0.2, 0) is 0 Å². The first-order valence-electron chi connectivity index (χ1n) is 7.52. The van der Waals surface area contributed by atoms with Gasteiger partial charge < -0.3 is 5.32 Å². The molecule has 2 aromatic heterocycles. The summed E-state index contributed by atoms with van der Waals surface area (Å²) in [7, 11) is 0. The zero-order valence-electron chi connectivity index (χ0n) is 11.7. The van der Waals surface area contributed by atoms with E-state index in [4.69, 9.17) is 0 Å². The summed E-state index contributed by atoms with van der Waals surface area (Å²) in [5, 5.41) is 12.2. The van der Waals surface area contributed by atoms with Gasteiger partial charge in [0.1, 0.15) is 0 Å². The van der Waals surface area contributed by atoms with Crippen LogP contribution in [0.2, 0.25) is 0 Å². The number of allylic oxidation sites excluding steroid dienone is 2. The fourth-order valence-corrected chi connectivity index (χ4v) is 3.70. The summed E-state index contributed by atoms with van der Waals surface area (Å²) in [6.07, 6.45) is 9.56. The van der Waals surface area contributed by atoms with E-state index in [0.717, 1.165) is 35.8 Å². The molecule has 4 rings (SSSR count). The highest BCUT2D eigenvalue weighted by molar-refractivity contribution is 5.37. The largest absolute Gasteiger partial charge is 0.307 e. The van der Waals surface area contributed by atoms with Crippen molar-refractivity contribution in [2.24, 2.45) is 17.8 Å². The number of hydrogen-bond donors (Lipinski definition) is 1. The van der Waals surface area contributed by atoms with Crippen molar-refractivity contribution in [2.45, 2.75) is 25.8 Å². The Hall–Kier alpha value is -1.68. The van der Waals surface area contributed by atoms with Crippen molar-refractivity contribution in [1.29, 1.82) is 0 Å². The molecule has 0 radical (unpaired) electrons. The van der Waals surface area contributed by atoms with Gasteiger partial charge in [0, 0.05) is 6.20 Å². The van der Waals surface area contributed by atoms with Crippen LogP contribution in [0.15, 0.2) is 36.5 Å². The van der Waals surface area contributed by atoms with Crippen molar-refractivity contribution in [3.8, 4) is 0 Å². The lowest BCUT2D eigenvalue weighted by molar-refractivity contribution is 0.387. The second-order valence-corrected chi connectivity index (χ2v) is 6.16. The molecule has 2 bridgehead atoms. The van der Waals surface area contributed by atoms with E-state index in [2.05, 4.69) is 39.0 Å². The molecule has 0 spiro atoms. The maximum atomic E-state index is 4.32. The molecule has 2 aliphatic rings. The lowest BCUT2D eigenvalue weighted by atomic mass is 9.93. The van der Waals surface area contributed by atoms with Crippen LogP contribution in [0.5, 0.6) is 0 Å². The van der Waals surface area contributed by atoms with Crippen LogP contribution >= 0.6 is 0 Å². The molecule has 2 aromatic rings. The molecule has 4 unspecified atom stereocenters. The zero-order chi connectivity index (χ0) is 13.5. The van der Waals surface area contributed by atoms with E-state index < -0.39 is 0 Å². The number of hydrogen-bond acceptors (Lipinski definition) is 3. The van der Waals surface area contributed by atoms with E-state index in [1.54, 1.807) is 0 Å². The summed E-state index contributed by atoms with van der Waals surface area (Å²) in [6.45, 7) is 3.25. The van der Waals surface area contributed by atoms with E-state index in [-0.39, 0.29) is 6.04 Å². The Bertz CT molecular complexity index is 645. The van der Waals surface area contributed by atoms with E-state index in [9.17, 15) is 0 Å². The third-order valence-electron chi connectivity index (χ3n) is 4.83. The van der Waals surface area contributed by atoms with Gasteiger partial charge in [0.05, 0.1) is 6.04 Å². The molecule has 2 heterocycles. The molecule has 0 aromatic carbocycles. The van der Waals surface area contributed by atoms with Crippen molar-refractivity contribution < 1.29 is 0 Å². The van der Waals surface area contributed by atoms with Crippen LogP contribution in [0.4, 0.5) is 0 Å². The first kappa shape index (κ1) is 12.1. The third-order valence-corrected chi connectivity index (χ3v) is 4.83. The minimum absolute atomic E-state index is 0.232. The minimum Gasteiger partial charge on any atom is -0.307 e. The summed E-state index contributed by atoms with van der Waals surface area (Å²) < 4.78 is 2.07. The Balaban J connectivity index is 1.45. The Morgan fingerprint density at radius 2 is 2.25 bits per heavy atom. The standard InChI is InChI=1S/C16H20N4/c1-11(16-19-18-15-4-2-3-7-20(15)16)17-10-14-9-12-5-6-13(14)8-12/h2-7,11-14,17H,8-10H2,1H3. The van der Waals surface area contributed by atoms with Gasteiger partial charge in [-0.2, -0.15) is 0 Å². The predicted molar refractivity (Wildman–Crippen MR) is 78.2 cm³/mol. The maximum absolute atomic E-state index is 4.32. The molecular weight excluding hydrogens is 248 g/mol. The lowest BCUT2D eigenvalue weighted by Gasteiger charge is -2.21. The van der Waals surface area contributed by atoms with E-state index in [1.807, 2.05) is 24.4 Å². The van der Waals surface area contributed by atoms with E-state index in [1.165, 1.54) is 12.8 Å². The van der Waals surface area contributed by atoms with Crippen molar-refractivity contribution >= 4 is 5.65 Å². The maximum Gasteiger partial charge on any atom is 0.160 e. The van der Waals surface area contributed by atoms with Crippen LogP contribution in [0, 0.1) is 17.8 Å². The molecule has 0 aliphatic heterocycles. The van der Waals surface area contributed by atoms with Crippen LogP contribution in [0.25, 0.3) is 5.65 Å². The van der Waals surface area contributed by atoms with Crippen molar-refractivity contribution in [3.63, 3.8) is 0 Å². The van der Waals surface area contributed by atoms with Gasteiger partial charge in [0.25, 0.3) is 0 Å². The molecule has 1 fully saturated rings. The first-order valence-corrected chi connectivity index (χ1v) is 7.52. The summed E-state index contributed by atoms with van der Waals surface area (Å²) >= 11 is 0. The molecule has 4 nitrogen and oxygen atoms in total. The summed E-state index contributed by atoms with van der Waals surface area (Å²) in [5.74, 6) is 3.44. The van der Waals surface area contributed by atoms with Crippen molar-refractivity contribution in [1.82, 2.24) is 19.9 Å². The predicted octanol–water partition coefficient (Wildman–Crippen LogP) is 2.59. The highest BCUT2D eigenvalue weighted by atomic mass is 15.3. The Morgan fingerprint density at radius 3 is 3.05 bits per heavy atom. The monoisotopic (exact) mass is 268 g/mol.